The predicted octanol–water partition coefficient (Wildman–Crippen LogP) is 1.77. The molecular formula is C19H22ClN7O2. The minimum Gasteiger partial charge on any atom is -0.364 e. The summed E-state index contributed by atoms with van der Waals surface area (Å²) in [5, 5.41) is 14.8. The fourth-order valence-corrected chi connectivity index (χ4v) is 3.28. The molecule has 1 aliphatic rings. The molecule has 1 saturated heterocycles. The Balaban J connectivity index is 0.00000240. The number of anilines is 1. The number of piperidine rings is 1. The summed E-state index contributed by atoms with van der Waals surface area (Å²) in [6.45, 7) is 1.87. The lowest BCUT2D eigenvalue weighted by Crippen LogP contribution is -2.32. The molecule has 0 spiro atoms. The highest BCUT2D eigenvalue weighted by Crippen LogP contribution is 2.21. The number of para-hydroxylation sites is 2. The van der Waals surface area contributed by atoms with Gasteiger partial charge in [0.25, 0.3) is 11.8 Å². The molecule has 0 saturated carbocycles. The van der Waals surface area contributed by atoms with Gasteiger partial charge in [0, 0.05) is 18.9 Å². The number of hydrogen-bond acceptors (Lipinski definition) is 5. The molecule has 3 heterocycles. The molecule has 1 aliphatic heterocycles. The van der Waals surface area contributed by atoms with Crippen molar-refractivity contribution in [1.29, 1.82) is 0 Å². The topological polar surface area (TPSA) is 120 Å². The van der Waals surface area contributed by atoms with E-state index >= 15 is 0 Å². The number of primary amides is 1. The van der Waals surface area contributed by atoms with Crippen LogP contribution < -0.4 is 16.4 Å². The molecule has 29 heavy (non-hydrogen) atoms. The number of aromatic nitrogens is 4. The van der Waals surface area contributed by atoms with Gasteiger partial charge in [0.2, 0.25) is 0 Å². The standard InChI is InChI=1S/C19H21N7O2.ClH/c20-18(27)15-7-11-26(23-15)17-6-2-1-5-14(17)22-19(28)16-8-10-25(24-16)13-4-3-9-21-12-13;/h1-2,5-8,10-11,13,21H,3-4,9,12H2,(H2,20,27)(H,22,28);1H. The number of nitrogens with one attached hydrogen (secondary N) is 2. The largest absolute Gasteiger partial charge is 0.364 e. The molecule has 4 N–H and O–H groups in total. The highest BCUT2D eigenvalue weighted by Gasteiger charge is 2.18. The zero-order valence-corrected chi connectivity index (χ0v) is 16.4. The van der Waals surface area contributed by atoms with Crippen LogP contribution >= 0.6 is 12.4 Å². The molecule has 152 valence electrons. The number of nitrogens with zero attached hydrogens (tertiary/aromatic N) is 4. The third-order valence-electron chi connectivity index (χ3n) is 4.73. The first kappa shape index (κ1) is 20.6. The summed E-state index contributed by atoms with van der Waals surface area (Å²) in [5.41, 5.74) is 6.94. The van der Waals surface area contributed by atoms with Crippen molar-refractivity contribution >= 4 is 29.9 Å². The summed E-state index contributed by atoms with van der Waals surface area (Å²) in [4.78, 5) is 24.0. The van der Waals surface area contributed by atoms with E-state index in [0.29, 0.717) is 17.1 Å². The summed E-state index contributed by atoms with van der Waals surface area (Å²) in [6.07, 6.45) is 5.59. The van der Waals surface area contributed by atoms with E-state index in [9.17, 15) is 9.59 Å². The molecule has 0 radical (unpaired) electrons. The number of hydrogen-bond donors (Lipinski definition) is 3. The van der Waals surface area contributed by atoms with Crippen LogP contribution in [0.3, 0.4) is 0 Å². The summed E-state index contributed by atoms with van der Waals surface area (Å²) in [5.74, 6) is -0.916. The average molecular weight is 416 g/mol. The molecule has 0 bridgehead atoms. The monoisotopic (exact) mass is 415 g/mol. The van der Waals surface area contributed by atoms with E-state index < -0.39 is 5.91 Å². The van der Waals surface area contributed by atoms with Gasteiger partial charge in [-0.05, 0) is 43.7 Å². The van der Waals surface area contributed by atoms with Crippen LogP contribution in [0.1, 0.15) is 39.9 Å². The normalized spacial score (nSPS) is 16.1. The number of benzene rings is 1. The minimum atomic E-state index is -0.608. The Hall–Kier alpha value is -3.17. The fraction of sp³-hybridized carbons (Fsp3) is 0.263. The molecule has 0 aliphatic carbocycles. The molecule has 4 rings (SSSR count). The summed E-state index contributed by atoms with van der Waals surface area (Å²) in [7, 11) is 0. The van der Waals surface area contributed by atoms with E-state index in [1.807, 2.05) is 23.0 Å². The zero-order valence-electron chi connectivity index (χ0n) is 15.6. The number of nitrogens with two attached hydrogens (primary N) is 1. The van der Waals surface area contributed by atoms with Crippen molar-refractivity contribution in [1.82, 2.24) is 24.9 Å². The first-order valence-electron chi connectivity index (χ1n) is 9.14. The highest BCUT2D eigenvalue weighted by molar-refractivity contribution is 6.03. The summed E-state index contributed by atoms with van der Waals surface area (Å²) < 4.78 is 3.35. The highest BCUT2D eigenvalue weighted by atomic mass is 35.5. The Morgan fingerprint density at radius 3 is 2.62 bits per heavy atom. The quantitative estimate of drug-likeness (QED) is 0.586. The Kier molecular flexibility index (Phi) is 6.30. The van der Waals surface area contributed by atoms with Crippen LogP contribution in [0.25, 0.3) is 5.69 Å². The number of carbonyl (C=O) groups is 2. The molecule has 3 aromatic rings. The molecule has 1 atom stereocenters. The SMILES string of the molecule is Cl.NC(=O)c1ccn(-c2ccccc2NC(=O)c2ccn(C3CCCNC3)n2)n1. The summed E-state index contributed by atoms with van der Waals surface area (Å²) in [6, 6.07) is 10.7. The smallest absolute Gasteiger partial charge is 0.276 e. The van der Waals surface area contributed by atoms with Crippen LogP contribution in [0.5, 0.6) is 0 Å². The van der Waals surface area contributed by atoms with Gasteiger partial charge in [-0.3, -0.25) is 14.3 Å². The molecule has 1 aromatic carbocycles. The lowest BCUT2D eigenvalue weighted by Gasteiger charge is -2.22. The average Bonchev–Trinajstić information content (AvgIpc) is 3.39. The van der Waals surface area contributed by atoms with Crippen LogP contribution in [-0.2, 0) is 0 Å². The van der Waals surface area contributed by atoms with E-state index in [4.69, 9.17) is 5.73 Å². The number of halogens is 1. The Morgan fingerprint density at radius 2 is 1.90 bits per heavy atom. The van der Waals surface area contributed by atoms with Gasteiger partial charge in [-0.1, -0.05) is 12.1 Å². The van der Waals surface area contributed by atoms with Gasteiger partial charge in [-0.25, -0.2) is 4.68 Å². The first-order valence-corrected chi connectivity index (χ1v) is 9.14. The first-order chi connectivity index (χ1) is 13.6. The van der Waals surface area contributed by atoms with Crippen molar-refractivity contribution in [2.75, 3.05) is 18.4 Å². The van der Waals surface area contributed by atoms with E-state index in [1.54, 1.807) is 24.4 Å². The van der Waals surface area contributed by atoms with Gasteiger partial charge in [-0.2, -0.15) is 10.2 Å². The maximum atomic E-state index is 12.7. The van der Waals surface area contributed by atoms with Crippen molar-refractivity contribution in [3.05, 3.63) is 60.2 Å². The second-order valence-electron chi connectivity index (χ2n) is 6.66. The van der Waals surface area contributed by atoms with E-state index in [1.165, 1.54) is 10.7 Å². The molecule has 1 unspecified atom stereocenters. The molecule has 10 heteroatoms. The zero-order chi connectivity index (χ0) is 19.5. The van der Waals surface area contributed by atoms with Gasteiger partial charge in [-0.15, -0.1) is 12.4 Å². The number of amides is 2. The van der Waals surface area contributed by atoms with Crippen molar-refractivity contribution in [3.63, 3.8) is 0 Å². The van der Waals surface area contributed by atoms with Crippen molar-refractivity contribution in [2.24, 2.45) is 5.73 Å². The van der Waals surface area contributed by atoms with E-state index in [-0.39, 0.29) is 30.0 Å². The van der Waals surface area contributed by atoms with Crippen LogP contribution in [0.4, 0.5) is 5.69 Å². The maximum absolute atomic E-state index is 12.7. The third-order valence-corrected chi connectivity index (χ3v) is 4.73. The number of rotatable bonds is 5. The van der Waals surface area contributed by atoms with E-state index in [2.05, 4.69) is 20.8 Å². The maximum Gasteiger partial charge on any atom is 0.276 e. The summed E-state index contributed by atoms with van der Waals surface area (Å²) >= 11 is 0. The van der Waals surface area contributed by atoms with Gasteiger partial charge in [0.15, 0.2) is 5.69 Å². The van der Waals surface area contributed by atoms with Crippen molar-refractivity contribution in [2.45, 2.75) is 18.9 Å². The molecular weight excluding hydrogens is 394 g/mol. The molecule has 1 fully saturated rings. The minimum absolute atomic E-state index is 0. The lowest BCUT2D eigenvalue weighted by atomic mass is 10.1. The van der Waals surface area contributed by atoms with Crippen LogP contribution in [0.15, 0.2) is 48.8 Å². The second kappa shape index (κ2) is 8.89. The molecule has 2 amide bonds. The Labute approximate surface area is 173 Å². The lowest BCUT2D eigenvalue weighted by molar-refractivity contribution is 0.0992. The van der Waals surface area contributed by atoms with Crippen LogP contribution in [-0.4, -0.2) is 44.5 Å². The predicted molar refractivity (Wildman–Crippen MR) is 111 cm³/mol. The van der Waals surface area contributed by atoms with Gasteiger partial charge in [0.1, 0.15) is 5.69 Å². The van der Waals surface area contributed by atoms with Gasteiger partial charge >= 0.3 is 0 Å². The second-order valence-corrected chi connectivity index (χ2v) is 6.66. The molecule has 2 aromatic heterocycles. The fourth-order valence-electron chi connectivity index (χ4n) is 3.28. The van der Waals surface area contributed by atoms with Gasteiger partial charge in [0.05, 0.1) is 17.4 Å². The van der Waals surface area contributed by atoms with E-state index in [0.717, 1.165) is 25.9 Å². The van der Waals surface area contributed by atoms with Crippen molar-refractivity contribution in [3.8, 4) is 5.69 Å². The number of carbonyl (C=O) groups excluding carboxylic acids is 2. The van der Waals surface area contributed by atoms with Crippen LogP contribution in [0, 0.1) is 0 Å². The van der Waals surface area contributed by atoms with Gasteiger partial charge < -0.3 is 16.4 Å². The third kappa shape index (κ3) is 4.47. The van der Waals surface area contributed by atoms with Crippen LogP contribution in [0.2, 0.25) is 0 Å². The van der Waals surface area contributed by atoms with Crippen molar-refractivity contribution < 1.29 is 9.59 Å². The Bertz CT molecular complexity index is 1010. The Morgan fingerprint density at radius 1 is 1.10 bits per heavy atom. The molecule has 9 nitrogen and oxygen atoms in total.